The summed E-state index contributed by atoms with van der Waals surface area (Å²) < 4.78 is 32.7. The van der Waals surface area contributed by atoms with E-state index in [9.17, 15) is 13.2 Å². The molecular formula is C18H26N2O4S. The zero-order valence-electron chi connectivity index (χ0n) is 14.9. The molecule has 0 aromatic heterocycles. The molecule has 0 bridgehead atoms. The molecular weight excluding hydrogens is 340 g/mol. The molecule has 1 unspecified atom stereocenters. The van der Waals surface area contributed by atoms with Crippen molar-refractivity contribution in [3.05, 3.63) is 23.8 Å². The molecule has 0 radical (unpaired) electrons. The summed E-state index contributed by atoms with van der Waals surface area (Å²) in [6, 6.07) is 4.90. The maximum absolute atomic E-state index is 13.0. The number of sulfonamides is 1. The number of carbonyl (C=O) groups excluding carboxylic acids is 1. The number of hydrogen-bond acceptors (Lipinski definition) is 4. The van der Waals surface area contributed by atoms with Crippen molar-refractivity contribution in [1.29, 1.82) is 0 Å². The predicted octanol–water partition coefficient (Wildman–Crippen LogP) is 2.03. The van der Waals surface area contributed by atoms with E-state index in [4.69, 9.17) is 4.74 Å². The molecule has 0 saturated carbocycles. The van der Waals surface area contributed by atoms with Gasteiger partial charge in [0.25, 0.3) is 0 Å². The van der Waals surface area contributed by atoms with Gasteiger partial charge in [-0.2, -0.15) is 4.31 Å². The van der Waals surface area contributed by atoms with Crippen LogP contribution in [-0.2, 0) is 14.8 Å². The summed E-state index contributed by atoms with van der Waals surface area (Å²) in [4.78, 5) is 14.8. The highest BCUT2D eigenvalue weighted by molar-refractivity contribution is 7.89. The Balaban J connectivity index is 1.77. The van der Waals surface area contributed by atoms with Gasteiger partial charge in [-0.1, -0.05) is 0 Å². The van der Waals surface area contributed by atoms with Gasteiger partial charge in [0.05, 0.1) is 17.9 Å². The Morgan fingerprint density at radius 1 is 1.16 bits per heavy atom. The van der Waals surface area contributed by atoms with Crippen LogP contribution in [0.25, 0.3) is 0 Å². The van der Waals surface area contributed by atoms with Crippen molar-refractivity contribution in [3.8, 4) is 5.75 Å². The molecule has 7 heteroatoms. The molecule has 0 spiro atoms. The topological polar surface area (TPSA) is 66.9 Å². The molecule has 2 fully saturated rings. The Bertz CT molecular complexity index is 741. The Labute approximate surface area is 149 Å². The van der Waals surface area contributed by atoms with Crippen molar-refractivity contribution in [2.24, 2.45) is 5.92 Å². The van der Waals surface area contributed by atoms with Gasteiger partial charge in [-0.3, -0.25) is 4.79 Å². The summed E-state index contributed by atoms with van der Waals surface area (Å²) in [6.45, 7) is 4.19. The van der Waals surface area contributed by atoms with Crippen LogP contribution in [-0.4, -0.2) is 56.8 Å². The average Bonchev–Trinajstić information content (AvgIpc) is 3.15. The van der Waals surface area contributed by atoms with Gasteiger partial charge in [-0.15, -0.1) is 0 Å². The number of aryl methyl sites for hydroxylation is 1. The first-order valence-electron chi connectivity index (χ1n) is 8.87. The molecule has 2 heterocycles. The van der Waals surface area contributed by atoms with Crippen LogP contribution in [0.5, 0.6) is 5.75 Å². The Morgan fingerprint density at radius 3 is 2.52 bits per heavy atom. The van der Waals surface area contributed by atoms with Crippen molar-refractivity contribution in [1.82, 2.24) is 9.21 Å². The number of carbonyl (C=O) groups is 1. The van der Waals surface area contributed by atoms with Crippen molar-refractivity contribution < 1.29 is 17.9 Å². The van der Waals surface area contributed by atoms with Crippen LogP contribution in [0.2, 0.25) is 0 Å². The van der Waals surface area contributed by atoms with Gasteiger partial charge in [-0.05, 0) is 56.4 Å². The maximum Gasteiger partial charge on any atom is 0.243 e. The summed E-state index contributed by atoms with van der Waals surface area (Å²) in [5, 5.41) is 0. The Morgan fingerprint density at radius 2 is 1.88 bits per heavy atom. The van der Waals surface area contributed by atoms with Gasteiger partial charge in [-0.25, -0.2) is 8.42 Å². The van der Waals surface area contributed by atoms with Crippen LogP contribution in [0.15, 0.2) is 23.1 Å². The van der Waals surface area contributed by atoms with Crippen LogP contribution in [0.4, 0.5) is 0 Å². The van der Waals surface area contributed by atoms with Gasteiger partial charge < -0.3 is 9.64 Å². The number of rotatable bonds is 4. The third-order valence-electron chi connectivity index (χ3n) is 5.16. The average molecular weight is 366 g/mol. The number of amides is 1. The second kappa shape index (κ2) is 7.33. The third-order valence-corrected chi connectivity index (χ3v) is 7.02. The molecule has 3 rings (SSSR count). The molecule has 6 nitrogen and oxygen atoms in total. The standard InChI is InChI=1S/C18H26N2O4S/c1-14-12-16(7-8-17(14)24-2)25(22,23)20-11-5-6-15(13-20)18(21)19-9-3-4-10-19/h7-8,12,15H,3-6,9-11,13H2,1-2H3. The summed E-state index contributed by atoms with van der Waals surface area (Å²) in [5.41, 5.74) is 0.783. The SMILES string of the molecule is COc1ccc(S(=O)(=O)N2CCCC(C(=O)N3CCCC3)C2)cc1C. The summed E-state index contributed by atoms with van der Waals surface area (Å²) >= 11 is 0. The van der Waals surface area contributed by atoms with E-state index in [0.717, 1.165) is 44.3 Å². The first kappa shape index (κ1) is 18.2. The van der Waals surface area contributed by atoms with Gasteiger partial charge in [0, 0.05) is 26.2 Å². The number of nitrogens with zero attached hydrogens (tertiary/aromatic N) is 2. The van der Waals surface area contributed by atoms with E-state index in [1.54, 1.807) is 25.3 Å². The van der Waals surface area contributed by atoms with Crippen LogP contribution in [0, 0.1) is 12.8 Å². The van der Waals surface area contributed by atoms with Crippen molar-refractivity contribution in [2.75, 3.05) is 33.3 Å². The van der Waals surface area contributed by atoms with Crippen LogP contribution >= 0.6 is 0 Å². The zero-order valence-corrected chi connectivity index (χ0v) is 15.7. The highest BCUT2D eigenvalue weighted by atomic mass is 32.2. The highest BCUT2D eigenvalue weighted by Crippen LogP contribution is 2.28. The van der Waals surface area contributed by atoms with E-state index >= 15 is 0 Å². The van der Waals surface area contributed by atoms with E-state index < -0.39 is 10.0 Å². The summed E-state index contributed by atoms with van der Waals surface area (Å²) in [6.07, 6.45) is 3.58. The number of likely N-dealkylation sites (tertiary alicyclic amines) is 1. The van der Waals surface area contributed by atoms with Gasteiger partial charge in [0.2, 0.25) is 15.9 Å². The fourth-order valence-electron chi connectivity index (χ4n) is 3.72. The number of benzene rings is 1. The molecule has 2 saturated heterocycles. The monoisotopic (exact) mass is 366 g/mol. The molecule has 2 aliphatic rings. The largest absolute Gasteiger partial charge is 0.496 e. The molecule has 138 valence electrons. The fraction of sp³-hybridized carbons (Fsp3) is 0.611. The Hall–Kier alpha value is -1.60. The summed E-state index contributed by atoms with van der Waals surface area (Å²) in [7, 11) is -2.03. The molecule has 1 amide bonds. The van der Waals surface area contributed by atoms with Gasteiger partial charge in [0.15, 0.2) is 0 Å². The quantitative estimate of drug-likeness (QED) is 0.818. The predicted molar refractivity (Wildman–Crippen MR) is 95.0 cm³/mol. The van der Waals surface area contributed by atoms with Gasteiger partial charge >= 0.3 is 0 Å². The maximum atomic E-state index is 13.0. The normalized spacial score (nSPS) is 22.2. The second-order valence-electron chi connectivity index (χ2n) is 6.87. The molecule has 1 aromatic rings. The first-order chi connectivity index (χ1) is 11.9. The molecule has 1 atom stereocenters. The van der Waals surface area contributed by atoms with Crippen molar-refractivity contribution >= 4 is 15.9 Å². The number of methoxy groups -OCH3 is 1. The second-order valence-corrected chi connectivity index (χ2v) is 8.80. The lowest BCUT2D eigenvalue weighted by atomic mass is 9.98. The Kier molecular flexibility index (Phi) is 5.34. The van der Waals surface area contributed by atoms with Crippen LogP contribution < -0.4 is 4.74 Å². The van der Waals surface area contributed by atoms with Crippen LogP contribution in [0.3, 0.4) is 0 Å². The minimum atomic E-state index is -3.59. The van der Waals surface area contributed by atoms with E-state index in [2.05, 4.69) is 0 Å². The molecule has 25 heavy (non-hydrogen) atoms. The lowest BCUT2D eigenvalue weighted by molar-refractivity contribution is -0.135. The van der Waals surface area contributed by atoms with Crippen molar-refractivity contribution in [3.63, 3.8) is 0 Å². The van der Waals surface area contributed by atoms with E-state index in [1.807, 2.05) is 11.8 Å². The van der Waals surface area contributed by atoms with E-state index in [-0.39, 0.29) is 23.3 Å². The number of hydrogen-bond donors (Lipinski definition) is 0. The summed E-state index contributed by atoms with van der Waals surface area (Å²) in [5.74, 6) is 0.559. The molecule has 1 aromatic carbocycles. The fourth-order valence-corrected chi connectivity index (χ4v) is 5.33. The van der Waals surface area contributed by atoms with Crippen molar-refractivity contribution in [2.45, 2.75) is 37.5 Å². The molecule has 2 aliphatic heterocycles. The van der Waals surface area contributed by atoms with E-state index in [1.165, 1.54) is 4.31 Å². The molecule has 0 N–H and O–H groups in total. The minimum absolute atomic E-state index is 0.114. The highest BCUT2D eigenvalue weighted by Gasteiger charge is 2.35. The number of ether oxygens (including phenoxy) is 1. The lowest BCUT2D eigenvalue weighted by Gasteiger charge is -2.33. The minimum Gasteiger partial charge on any atom is -0.496 e. The smallest absolute Gasteiger partial charge is 0.243 e. The van der Waals surface area contributed by atoms with E-state index in [0.29, 0.717) is 12.3 Å². The third kappa shape index (κ3) is 3.67. The van der Waals surface area contributed by atoms with Crippen LogP contribution in [0.1, 0.15) is 31.2 Å². The molecule has 0 aliphatic carbocycles. The zero-order chi connectivity index (χ0) is 18.0. The van der Waals surface area contributed by atoms with Gasteiger partial charge in [0.1, 0.15) is 5.75 Å². The lowest BCUT2D eigenvalue weighted by Crippen LogP contribution is -2.46. The number of piperidine rings is 1. The first-order valence-corrected chi connectivity index (χ1v) is 10.3.